The molecule has 1 rings (SSSR count). The van der Waals surface area contributed by atoms with Gasteiger partial charge in [0.25, 0.3) is 0 Å². The van der Waals surface area contributed by atoms with Crippen LogP contribution in [0.3, 0.4) is 0 Å². The van der Waals surface area contributed by atoms with Crippen LogP contribution in [0.15, 0.2) is 0 Å². The molecule has 0 aromatic rings. The number of nitrogens with one attached hydrogen (secondary N) is 1. The van der Waals surface area contributed by atoms with E-state index in [0.717, 1.165) is 26.1 Å². The third kappa shape index (κ3) is 3.01. The maximum absolute atomic E-state index is 5.54. The molecule has 80 valence electrons. The van der Waals surface area contributed by atoms with E-state index in [-0.39, 0.29) is 0 Å². The number of hydrogen-bond acceptors (Lipinski definition) is 2. The summed E-state index contributed by atoms with van der Waals surface area (Å²) in [4.78, 5) is 2.45. The van der Waals surface area contributed by atoms with E-state index in [9.17, 15) is 0 Å². The number of terminal acetylenes is 1. The van der Waals surface area contributed by atoms with Crippen LogP contribution in [0.2, 0.25) is 0 Å². The summed E-state index contributed by atoms with van der Waals surface area (Å²) < 4.78 is 0. The van der Waals surface area contributed by atoms with Gasteiger partial charge in [0.1, 0.15) is 0 Å². The minimum Gasteiger partial charge on any atom is -0.313 e. The predicted octanol–water partition coefficient (Wildman–Crippen LogP) is 1.47. The SMILES string of the molecule is C#CC(CC)N1CCCNC(CC)C1. The molecule has 0 aliphatic carbocycles. The maximum Gasteiger partial charge on any atom is 0.0709 e. The van der Waals surface area contributed by atoms with Gasteiger partial charge < -0.3 is 5.32 Å². The zero-order valence-corrected chi connectivity index (χ0v) is 9.42. The van der Waals surface area contributed by atoms with Gasteiger partial charge in [0.05, 0.1) is 6.04 Å². The smallest absolute Gasteiger partial charge is 0.0709 e. The van der Waals surface area contributed by atoms with E-state index in [4.69, 9.17) is 6.42 Å². The highest BCUT2D eigenvalue weighted by Gasteiger charge is 2.20. The van der Waals surface area contributed by atoms with Gasteiger partial charge in [-0.25, -0.2) is 0 Å². The summed E-state index contributed by atoms with van der Waals surface area (Å²) in [6, 6.07) is 0.962. The van der Waals surface area contributed by atoms with Crippen molar-refractivity contribution in [2.75, 3.05) is 19.6 Å². The second-order valence-corrected chi connectivity index (χ2v) is 4.00. The Morgan fingerprint density at radius 2 is 2.36 bits per heavy atom. The zero-order valence-electron chi connectivity index (χ0n) is 9.42. The van der Waals surface area contributed by atoms with Crippen molar-refractivity contribution < 1.29 is 0 Å². The summed E-state index contributed by atoms with van der Waals surface area (Å²) in [6.07, 6.45) is 9.01. The predicted molar refractivity (Wildman–Crippen MR) is 61.2 cm³/mol. The van der Waals surface area contributed by atoms with E-state index in [1.165, 1.54) is 12.8 Å². The molecule has 1 heterocycles. The largest absolute Gasteiger partial charge is 0.313 e. The van der Waals surface area contributed by atoms with E-state index in [1.807, 2.05) is 0 Å². The van der Waals surface area contributed by atoms with Crippen molar-refractivity contribution in [1.29, 1.82) is 0 Å². The van der Waals surface area contributed by atoms with E-state index in [1.54, 1.807) is 0 Å². The minimum absolute atomic E-state index is 0.337. The first-order valence-corrected chi connectivity index (χ1v) is 5.75. The first-order valence-electron chi connectivity index (χ1n) is 5.75. The van der Waals surface area contributed by atoms with Crippen molar-refractivity contribution in [3.05, 3.63) is 0 Å². The molecule has 0 aromatic carbocycles. The molecule has 0 aromatic heterocycles. The lowest BCUT2D eigenvalue weighted by Crippen LogP contribution is -2.41. The van der Waals surface area contributed by atoms with Crippen LogP contribution in [-0.4, -0.2) is 36.6 Å². The summed E-state index contributed by atoms with van der Waals surface area (Å²) in [7, 11) is 0. The van der Waals surface area contributed by atoms with Gasteiger partial charge in [-0.3, -0.25) is 4.90 Å². The lowest BCUT2D eigenvalue weighted by atomic mass is 10.1. The molecule has 0 amide bonds. The Bertz CT molecular complexity index is 195. The Morgan fingerprint density at radius 3 is 2.93 bits per heavy atom. The van der Waals surface area contributed by atoms with E-state index in [2.05, 4.69) is 30.0 Å². The highest BCUT2D eigenvalue weighted by atomic mass is 15.2. The summed E-state index contributed by atoms with van der Waals surface area (Å²) in [5, 5.41) is 3.55. The first kappa shape index (κ1) is 11.6. The Balaban J connectivity index is 2.54. The summed E-state index contributed by atoms with van der Waals surface area (Å²) >= 11 is 0. The van der Waals surface area contributed by atoms with Crippen LogP contribution in [0, 0.1) is 12.3 Å². The third-order valence-electron chi connectivity index (χ3n) is 3.02. The van der Waals surface area contributed by atoms with Gasteiger partial charge >= 0.3 is 0 Å². The molecule has 0 radical (unpaired) electrons. The molecule has 14 heavy (non-hydrogen) atoms. The van der Waals surface area contributed by atoms with Crippen molar-refractivity contribution in [1.82, 2.24) is 10.2 Å². The monoisotopic (exact) mass is 194 g/mol. The summed E-state index contributed by atoms with van der Waals surface area (Å²) in [5.41, 5.74) is 0. The van der Waals surface area contributed by atoms with Crippen molar-refractivity contribution in [3.8, 4) is 12.3 Å². The van der Waals surface area contributed by atoms with Gasteiger partial charge in [0.2, 0.25) is 0 Å². The average Bonchev–Trinajstić information content (AvgIpc) is 2.45. The zero-order chi connectivity index (χ0) is 10.4. The fourth-order valence-corrected chi connectivity index (χ4v) is 2.07. The van der Waals surface area contributed by atoms with Gasteiger partial charge in [-0.2, -0.15) is 0 Å². The van der Waals surface area contributed by atoms with Gasteiger partial charge in [0.15, 0.2) is 0 Å². The highest BCUT2D eigenvalue weighted by molar-refractivity contribution is 5.00. The fraction of sp³-hybridized carbons (Fsp3) is 0.833. The van der Waals surface area contributed by atoms with E-state index < -0.39 is 0 Å². The average molecular weight is 194 g/mol. The molecule has 0 bridgehead atoms. The Hall–Kier alpha value is -0.520. The maximum atomic E-state index is 5.54. The molecule has 2 nitrogen and oxygen atoms in total. The van der Waals surface area contributed by atoms with Crippen LogP contribution in [-0.2, 0) is 0 Å². The van der Waals surface area contributed by atoms with Crippen LogP contribution >= 0.6 is 0 Å². The minimum atomic E-state index is 0.337. The Labute approximate surface area is 88.1 Å². The van der Waals surface area contributed by atoms with Gasteiger partial charge in [0, 0.05) is 19.1 Å². The molecule has 0 saturated carbocycles. The molecule has 2 unspecified atom stereocenters. The molecule has 2 heteroatoms. The van der Waals surface area contributed by atoms with Gasteiger partial charge in [-0.15, -0.1) is 6.42 Å². The third-order valence-corrected chi connectivity index (χ3v) is 3.02. The second kappa shape index (κ2) is 6.06. The molecule has 1 N–H and O–H groups in total. The van der Waals surface area contributed by atoms with Crippen LogP contribution in [0.1, 0.15) is 33.1 Å². The number of hydrogen-bond donors (Lipinski definition) is 1. The van der Waals surface area contributed by atoms with Crippen LogP contribution in [0.4, 0.5) is 0 Å². The molecule has 1 fully saturated rings. The van der Waals surface area contributed by atoms with Gasteiger partial charge in [-0.05, 0) is 25.8 Å². The van der Waals surface area contributed by atoms with E-state index in [0.29, 0.717) is 12.1 Å². The Morgan fingerprint density at radius 1 is 1.57 bits per heavy atom. The molecule has 1 saturated heterocycles. The van der Waals surface area contributed by atoms with Crippen molar-refractivity contribution in [2.45, 2.75) is 45.2 Å². The standard InChI is InChI=1S/C12H22N2/c1-4-11-10-14(9-7-8-13-11)12(5-2)6-3/h2,11-13H,4,6-10H2,1,3H3. The van der Waals surface area contributed by atoms with Crippen LogP contribution in [0.5, 0.6) is 0 Å². The summed E-state index contributed by atoms with van der Waals surface area (Å²) in [6.45, 7) is 7.79. The molecule has 2 atom stereocenters. The second-order valence-electron chi connectivity index (χ2n) is 4.00. The number of nitrogens with zero attached hydrogens (tertiary/aromatic N) is 1. The fourth-order valence-electron chi connectivity index (χ4n) is 2.07. The number of rotatable bonds is 3. The van der Waals surface area contributed by atoms with Crippen LogP contribution < -0.4 is 5.32 Å². The molecular formula is C12H22N2. The lowest BCUT2D eigenvalue weighted by Gasteiger charge is -2.28. The lowest BCUT2D eigenvalue weighted by molar-refractivity contribution is 0.225. The van der Waals surface area contributed by atoms with Crippen molar-refractivity contribution >= 4 is 0 Å². The molecular weight excluding hydrogens is 172 g/mol. The topological polar surface area (TPSA) is 15.3 Å². The first-order chi connectivity index (χ1) is 6.81. The normalized spacial score (nSPS) is 26.5. The quantitative estimate of drug-likeness (QED) is 0.685. The Kier molecular flexibility index (Phi) is 5.00. The van der Waals surface area contributed by atoms with Gasteiger partial charge in [-0.1, -0.05) is 19.8 Å². The summed E-state index contributed by atoms with van der Waals surface area (Å²) in [5.74, 6) is 2.89. The highest BCUT2D eigenvalue weighted by Crippen LogP contribution is 2.09. The molecule has 1 aliphatic heterocycles. The van der Waals surface area contributed by atoms with Crippen molar-refractivity contribution in [3.63, 3.8) is 0 Å². The molecule has 1 aliphatic rings. The van der Waals surface area contributed by atoms with Crippen LogP contribution in [0.25, 0.3) is 0 Å². The molecule has 0 spiro atoms. The van der Waals surface area contributed by atoms with Crippen molar-refractivity contribution in [2.24, 2.45) is 0 Å². The van der Waals surface area contributed by atoms with E-state index >= 15 is 0 Å².